The SMILES string of the molecule is NC(=O)C(Nc1ccccc1Cl)c1nccs1. The van der Waals surface area contributed by atoms with E-state index in [0.29, 0.717) is 15.7 Å². The maximum absolute atomic E-state index is 11.4. The number of para-hydroxylation sites is 1. The monoisotopic (exact) mass is 267 g/mol. The molecule has 1 heterocycles. The summed E-state index contributed by atoms with van der Waals surface area (Å²) in [5.41, 5.74) is 6.01. The van der Waals surface area contributed by atoms with Gasteiger partial charge in [0.15, 0.2) is 6.04 Å². The first-order valence-corrected chi connectivity index (χ1v) is 6.14. The highest BCUT2D eigenvalue weighted by atomic mass is 35.5. The van der Waals surface area contributed by atoms with E-state index in [9.17, 15) is 4.79 Å². The maximum Gasteiger partial charge on any atom is 0.247 e. The zero-order chi connectivity index (χ0) is 12.3. The minimum Gasteiger partial charge on any atom is -0.368 e. The number of carbonyl (C=O) groups excluding carboxylic acids is 1. The minimum absolute atomic E-state index is 0.486. The van der Waals surface area contributed by atoms with E-state index in [1.807, 2.05) is 12.1 Å². The Bertz CT molecular complexity index is 515. The summed E-state index contributed by atoms with van der Waals surface area (Å²) < 4.78 is 0. The number of hydrogen-bond donors (Lipinski definition) is 2. The highest BCUT2D eigenvalue weighted by Gasteiger charge is 2.20. The molecule has 1 amide bonds. The molecular weight excluding hydrogens is 258 g/mol. The first-order chi connectivity index (χ1) is 8.18. The number of amides is 1. The molecule has 1 atom stereocenters. The summed E-state index contributed by atoms with van der Waals surface area (Å²) in [6.07, 6.45) is 1.63. The number of aromatic nitrogens is 1. The fourth-order valence-electron chi connectivity index (χ4n) is 1.37. The largest absolute Gasteiger partial charge is 0.368 e. The number of nitrogens with zero attached hydrogens (tertiary/aromatic N) is 1. The van der Waals surface area contributed by atoms with Gasteiger partial charge in [0.25, 0.3) is 0 Å². The smallest absolute Gasteiger partial charge is 0.247 e. The number of anilines is 1. The summed E-state index contributed by atoms with van der Waals surface area (Å²) in [6.45, 7) is 0. The Morgan fingerprint density at radius 2 is 2.24 bits per heavy atom. The quantitative estimate of drug-likeness (QED) is 0.894. The van der Waals surface area contributed by atoms with Crippen LogP contribution in [0.1, 0.15) is 11.0 Å². The van der Waals surface area contributed by atoms with Gasteiger partial charge in [0.05, 0.1) is 10.7 Å². The lowest BCUT2D eigenvalue weighted by Gasteiger charge is -2.15. The number of thiazole rings is 1. The van der Waals surface area contributed by atoms with Crippen LogP contribution in [0.25, 0.3) is 0 Å². The van der Waals surface area contributed by atoms with Gasteiger partial charge in [-0.2, -0.15) is 0 Å². The standard InChI is InChI=1S/C11H10ClN3OS/c12-7-3-1-2-4-8(7)15-9(10(13)16)11-14-5-6-17-11/h1-6,9,15H,(H2,13,16). The van der Waals surface area contributed by atoms with Crippen LogP contribution >= 0.6 is 22.9 Å². The molecule has 0 saturated carbocycles. The van der Waals surface area contributed by atoms with Crippen LogP contribution in [0.15, 0.2) is 35.8 Å². The number of hydrogen-bond acceptors (Lipinski definition) is 4. The van der Waals surface area contributed by atoms with E-state index in [1.165, 1.54) is 11.3 Å². The van der Waals surface area contributed by atoms with Crippen molar-refractivity contribution < 1.29 is 4.79 Å². The molecule has 0 aliphatic heterocycles. The fraction of sp³-hybridized carbons (Fsp3) is 0.0909. The predicted molar refractivity (Wildman–Crippen MR) is 69.1 cm³/mol. The first kappa shape index (κ1) is 11.9. The molecule has 2 rings (SSSR count). The zero-order valence-electron chi connectivity index (χ0n) is 8.76. The summed E-state index contributed by atoms with van der Waals surface area (Å²) in [4.78, 5) is 15.5. The highest BCUT2D eigenvalue weighted by Crippen LogP contribution is 2.26. The summed E-state index contributed by atoms with van der Waals surface area (Å²) in [5.74, 6) is -0.486. The van der Waals surface area contributed by atoms with Gasteiger partial charge in [-0.3, -0.25) is 4.79 Å². The average molecular weight is 268 g/mol. The van der Waals surface area contributed by atoms with Gasteiger partial charge in [-0.05, 0) is 12.1 Å². The molecule has 2 aromatic rings. The topological polar surface area (TPSA) is 68.0 Å². The molecule has 88 valence electrons. The summed E-state index contributed by atoms with van der Waals surface area (Å²) in [7, 11) is 0. The van der Waals surface area contributed by atoms with Gasteiger partial charge in [0, 0.05) is 11.6 Å². The van der Waals surface area contributed by atoms with Crippen LogP contribution in [-0.4, -0.2) is 10.9 Å². The van der Waals surface area contributed by atoms with E-state index in [1.54, 1.807) is 23.7 Å². The molecule has 1 unspecified atom stereocenters. The molecule has 1 aromatic carbocycles. The first-order valence-electron chi connectivity index (χ1n) is 4.88. The highest BCUT2D eigenvalue weighted by molar-refractivity contribution is 7.09. The number of benzene rings is 1. The van der Waals surface area contributed by atoms with Crippen LogP contribution in [0.4, 0.5) is 5.69 Å². The third-order valence-electron chi connectivity index (χ3n) is 2.16. The van der Waals surface area contributed by atoms with E-state index in [4.69, 9.17) is 17.3 Å². The lowest BCUT2D eigenvalue weighted by molar-refractivity contribution is -0.118. The number of carbonyl (C=O) groups is 1. The van der Waals surface area contributed by atoms with Crippen molar-refractivity contribution in [3.05, 3.63) is 45.9 Å². The van der Waals surface area contributed by atoms with Crippen LogP contribution in [0.2, 0.25) is 5.02 Å². The van der Waals surface area contributed by atoms with E-state index in [2.05, 4.69) is 10.3 Å². The summed E-state index contributed by atoms with van der Waals surface area (Å²) in [6, 6.07) is 6.51. The average Bonchev–Trinajstić information content (AvgIpc) is 2.81. The Labute approximate surface area is 107 Å². The van der Waals surface area contributed by atoms with Crippen molar-refractivity contribution in [3.63, 3.8) is 0 Å². The van der Waals surface area contributed by atoms with Crippen LogP contribution in [-0.2, 0) is 4.79 Å². The Morgan fingerprint density at radius 1 is 1.47 bits per heavy atom. The molecular formula is C11H10ClN3OS. The number of nitrogens with one attached hydrogen (secondary N) is 1. The molecule has 0 radical (unpaired) electrons. The Hall–Kier alpha value is -1.59. The van der Waals surface area contributed by atoms with Gasteiger partial charge in [0.2, 0.25) is 5.91 Å². The number of halogens is 1. The Balaban J connectivity index is 2.26. The number of rotatable bonds is 4. The molecule has 6 heteroatoms. The van der Waals surface area contributed by atoms with Crippen LogP contribution in [0, 0.1) is 0 Å². The molecule has 1 aromatic heterocycles. The molecule has 0 aliphatic carbocycles. The van der Waals surface area contributed by atoms with Crippen LogP contribution < -0.4 is 11.1 Å². The molecule has 0 aliphatic rings. The van der Waals surface area contributed by atoms with E-state index in [-0.39, 0.29) is 0 Å². The molecule has 0 bridgehead atoms. The van der Waals surface area contributed by atoms with Gasteiger partial charge in [-0.15, -0.1) is 11.3 Å². The van der Waals surface area contributed by atoms with Crippen molar-refractivity contribution in [1.82, 2.24) is 4.98 Å². The third-order valence-corrected chi connectivity index (χ3v) is 3.33. The second-order valence-electron chi connectivity index (χ2n) is 3.33. The van der Waals surface area contributed by atoms with E-state index < -0.39 is 11.9 Å². The maximum atomic E-state index is 11.4. The lowest BCUT2D eigenvalue weighted by atomic mass is 10.2. The Morgan fingerprint density at radius 3 is 2.82 bits per heavy atom. The van der Waals surface area contributed by atoms with Gasteiger partial charge in [0.1, 0.15) is 5.01 Å². The van der Waals surface area contributed by atoms with Crippen molar-refractivity contribution in [2.75, 3.05) is 5.32 Å². The minimum atomic E-state index is -0.658. The second-order valence-corrected chi connectivity index (χ2v) is 4.66. The predicted octanol–water partition coefficient (Wildman–Crippen LogP) is 2.44. The normalized spacial score (nSPS) is 12.1. The second kappa shape index (κ2) is 5.16. The Kier molecular flexibility index (Phi) is 3.61. The molecule has 0 fully saturated rings. The van der Waals surface area contributed by atoms with Crippen molar-refractivity contribution in [2.24, 2.45) is 5.73 Å². The van der Waals surface area contributed by atoms with Crippen molar-refractivity contribution in [1.29, 1.82) is 0 Å². The molecule has 3 N–H and O–H groups in total. The van der Waals surface area contributed by atoms with E-state index in [0.717, 1.165) is 0 Å². The molecule has 4 nitrogen and oxygen atoms in total. The van der Waals surface area contributed by atoms with E-state index >= 15 is 0 Å². The van der Waals surface area contributed by atoms with Gasteiger partial charge in [-0.1, -0.05) is 23.7 Å². The molecule has 0 saturated heterocycles. The molecule has 17 heavy (non-hydrogen) atoms. The summed E-state index contributed by atoms with van der Waals surface area (Å²) in [5, 5.41) is 5.94. The van der Waals surface area contributed by atoms with Crippen molar-refractivity contribution >= 4 is 34.5 Å². The lowest BCUT2D eigenvalue weighted by Crippen LogP contribution is -2.27. The van der Waals surface area contributed by atoms with Gasteiger partial charge in [-0.25, -0.2) is 4.98 Å². The summed E-state index contributed by atoms with van der Waals surface area (Å²) >= 11 is 7.37. The number of primary amides is 1. The molecule has 0 spiro atoms. The third kappa shape index (κ3) is 2.75. The van der Waals surface area contributed by atoms with Gasteiger partial charge >= 0.3 is 0 Å². The zero-order valence-corrected chi connectivity index (χ0v) is 10.3. The van der Waals surface area contributed by atoms with Crippen LogP contribution in [0.3, 0.4) is 0 Å². The van der Waals surface area contributed by atoms with Gasteiger partial charge < -0.3 is 11.1 Å². The van der Waals surface area contributed by atoms with Crippen molar-refractivity contribution in [3.8, 4) is 0 Å². The number of nitrogens with two attached hydrogens (primary N) is 1. The fourth-order valence-corrected chi connectivity index (χ4v) is 2.25. The van der Waals surface area contributed by atoms with Crippen LogP contribution in [0.5, 0.6) is 0 Å². The van der Waals surface area contributed by atoms with Crippen molar-refractivity contribution in [2.45, 2.75) is 6.04 Å².